The van der Waals surface area contributed by atoms with Crippen molar-refractivity contribution >= 4 is 12.6 Å². The fraction of sp³-hybridized carbons (Fsp3) is 0.875. The molecule has 11 heavy (non-hydrogen) atoms. The summed E-state index contributed by atoms with van der Waals surface area (Å²) in [5, 5.41) is 8.34. The minimum absolute atomic E-state index is 0.639. The van der Waals surface area contributed by atoms with Crippen LogP contribution in [-0.4, -0.2) is 30.3 Å². The zero-order valence-electron chi connectivity index (χ0n) is 7.08. The number of nitrogens with zero attached hydrogens (tertiary/aromatic N) is 2. The van der Waals surface area contributed by atoms with Crippen molar-refractivity contribution in [2.45, 2.75) is 19.8 Å². The Hall–Kier alpha value is -0.200. The summed E-state index contributed by atoms with van der Waals surface area (Å²) in [6, 6.07) is 2.15. The van der Waals surface area contributed by atoms with E-state index < -0.39 is 0 Å². The lowest BCUT2D eigenvalue weighted by Crippen LogP contribution is -2.25. The molecule has 0 rings (SSSR count). The molecule has 0 amide bonds. The van der Waals surface area contributed by atoms with Crippen LogP contribution in [0.3, 0.4) is 0 Å². The molecule has 0 aromatic heterocycles. The Labute approximate surface area is 74.6 Å². The van der Waals surface area contributed by atoms with Crippen LogP contribution >= 0.6 is 12.6 Å². The summed E-state index contributed by atoms with van der Waals surface area (Å²) in [6.45, 7) is 5.13. The molecule has 0 aromatic rings. The van der Waals surface area contributed by atoms with Crippen LogP contribution in [0.25, 0.3) is 0 Å². The summed E-state index contributed by atoms with van der Waals surface area (Å²) in [7, 11) is 0. The predicted octanol–water partition coefficient (Wildman–Crippen LogP) is 1.54. The number of nitriles is 1. The summed E-state index contributed by atoms with van der Waals surface area (Å²) < 4.78 is 0. The molecule has 3 heteroatoms. The van der Waals surface area contributed by atoms with Gasteiger partial charge in [0, 0.05) is 13.0 Å². The third-order valence-electron chi connectivity index (χ3n) is 1.62. The summed E-state index contributed by atoms with van der Waals surface area (Å²) >= 11 is 4.13. The molecule has 0 spiro atoms. The average molecular weight is 172 g/mol. The van der Waals surface area contributed by atoms with Crippen molar-refractivity contribution in [2.24, 2.45) is 0 Å². The zero-order valence-corrected chi connectivity index (χ0v) is 7.98. The summed E-state index contributed by atoms with van der Waals surface area (Å²) in [6.07, 6.45) is 1.75. The molecular weight excluding hydrogens is 156 g/mol. The van der Waals surface area contributed by atoms with Crippen LogP contribution in [0.5, 0.6) is 0 Å². The van der Waals surface area contributed by atoms with E-state index in [0.717, 1.165) is 31.8 Å². The molecule has 0 aliphatic carbocycles. The average Bonchev–Trinajstić information content (AvgIpc) is 2.05. The monoisotopic (exact) mass is 172 g/mol. The van der Waals surface area contributed by atoms with Crippen LogP contribution in [0.1, 0.15) is 19.8 Å². The summed E-state index contributed by atoms with van der Waals surface area (Å²) in [5.74, 6) is 0.934. The lowest BCUT2D eigenvalue weighted by molar-refractivity contribution is 0.296. The van der Waals surface area contributed by atoms with Crippen LogP contribution < -0.4 is 0 Å². The molecule has 0 N–H and O–H groups in total. The molecule has 0 fully saturated rings. The normalized spacial score (nSPS) is 10.0. The standard InChI is InChI=1S/C8H16N2S/c1-2-10(6-3-5-9)7-4-8-11/h11H,2-4,6-8H2,1H3. The van der Waals surface area contributed by atoms with Crippen molar-refractivity contribution in [1.29, 1.82) is 5.26 Å². The van der Waals surface area contributed by atoms with Gasteiger partial charge >= 0.3 is 0 Å². The van der Waals surface area contributed by atoms with E-state index in [9.17, 15) is 0 Å². The summed E-state index contributed by atoms with van der Waals surface area (Å²) in [4.78, 5) is 2.28. The highest BCUT2D eigenvalue weighted by atomic mass is 32.1. The minimum Gasteiger partial charge on any atom is -0.303 e. The van der Waals surface area contributed by atoms with E-state index >= 15 is 0 Å². The lowest BCUT2D eigenvalue weighted by Gasteiger charge is -2.17. The maximum Gasteiger partial charge on any atom is 0.0635 e. The number of hydrogen-bond donors (Lipinski definition) is 1. The van der Waals surface area contributed by atoms with Gasteiger partial charge in [-0.15, -0.1) is 0 Å². The van der Waals surface area contributed by atoms with Gasteiger partial charge in [0.1, 0.15) is 0 Å². The minimum atomic E-state index is 0.639. The van der Waals surface area contributed by atoms with E-state index in [4.69, 9.17) is 5.26 Å². The van der Waals surface area contributed by atoms with Crippen molar-refractivity contribution < 1.29 is 0 Å². The van der Waals surface area contributed by atoms with Crippen LogP contribution in [0.2, 0.25) is 0 Å². The van der Waals surface area contributed by atoms with Crippen LogP contribution in [-0.2, 0) is 0 Å². The highest BCUT2D eigenvalue weighted by molar-refractivity contribution is 7.80. The topological polar surface area (TPSA) is 27.0 Å². The van der Waals surface area contributed by atoms with Gasteiger partial charge in [-0.25, -0.2) is 0 Å². The zero-order chi connectivity index (χ0) is 8.53. The van der Waals surface area contributed by atoms with Crippen molar-refractivity contribution in [3.63, 3.8) is 0 Å². The SMILES string of the molecule is CCN(CCC#N)CCCS. The Morgan fingerprint density at radius 2 is 2.18 bits per heavy atom. The number of thiol groups is 1. The van der Waals surface area contributed by atoms with Gasteiger partial charge in [-0.2, -0.15) is 17.9 Å². The third-order valence-corrected chi connectivity index (χ3v) is 1.94. The molecule has 0 saturated heterocycles. The first-order valence-corrected chi connectivity index (χ1v) is 4.68. The molecular formula is C8H16N2S. The van der Waals surface area contributed by atoms with Gasteiger partial charge in [0.15, 0.2) is 0 Å². The van der Waals surface area contributed by atoms with Gasteiger partial charge in [-0.05, 0) is 25.3 Å². The van der Waals surface area contributed by atoms with E-state index in [2.05, 4.69) is 30.5 Å². The van der Waals surface area contributed by atoms with Crippen LogP contribution in [0.4, 0.5) is 0 Å². The van der Waals surface area contributed by atoms with Crippen molar-refractivity contribution in [3.05, 3.63) is 0 Å². The van der Waals surface area contributed by atoms with Crippen LogP contribution in [0.15, 0.2) is 0 Å². The molecule has 2 nitrogen and oxygen atoms in total. The maximum absolute atomic E-state index is 8.34. The Balaban J connectivity index is 3.34. The smallest absolute Gasteiger partial charge is 0.0635 e. The molecule has 0 atom stereocenters. The van der Waals surface area contributed by atoms with Crippen molar-refractivity contribution in [1.82, 2.24) is 4.90 Å². The van der Waals surface area contributed by atoms with Gasteiger partial charge in [-0.3, -0.25) is 0 Å². The predicted molar refractivity (Wildman–Crippen MR) is 50.8 cm³/mol. The molecule has 0 heterocycles. The summed E-state index contributed by atoms with van der Waals surface area (Å²) in [5.41, 5.74) is 0. The van der Waals surface area contributed by atoms with E-state index in [1.165, 1.54) is 0 Å². The van der Waals surface area contributed by atoms with Gasteiger partial charge in [0.2, 0.25) is 0 Å². The van der Waals surface area contributed by atoms with Gasteiger partial charge in [-0.1, -0.05) is 6.92 Å². The molecule has 0 radical (unpaired) electrons. The van der Waals surface area contributed by atoms with E-state index in [-0.39, 0.29) is 0 Å². The number of rotatable bonds is 6. The van der Waals surface area contributed by atoms with Gasteiger partial charge in [0.05, 0.1) is 6.07 Å². The largest absolute Gasteiger partial charge is 0.303 e. The molecule has 0 aliphatic heterocycles. The quantitative estimate of drug-likeness (QED) is 0.615. The first kappa shape index (κ1) is 10.8. The second kappa shape index (κ2) is 7.90. The van der Waals surface area contributed by atoms with E-state index in [1.807, 2.05) is 0 Å². The van der Waals surface area contributed by atoms with E-state index in [0.29, 0.717) is 6.42 Å². The first-order chi connectivity index (χ1) is 5.35. The fourth-order valence-electron chi connectivity index (χ4n) is 0.930. The molecule has 0 aromatic carbocycles. The van der Waals surface area contributed by atoms with Gasteiger partial charge in [0.25, 0.3) is 0 Å². The number of hydrogen-bond acceptors (Lipinski definition) is 3. The Morgan fingerprint density at radius 3 is 2.64 bits per heavy atom. The van der Waals surface area contributed by atoms with Gasteiger partial charge < -0.3 is 4.90 Å². The molecule has 64 valence electrons. The molecule has 0 saturated carbocycles. The molecule has 0 unspecified atom stereocenters. The Bertz CT molecular complexity index is 120. The van der Waals surface area contributed by atoms with Crippen LogP contribution in [0, 0.1) is 11.3 Å². The second-order valence-corrected chi connectivity index (χ2v) is 2.87. The fourth-order valence-corrected chi connectivity index (χ4v) is 1.07. The highest BCUT2D eigenvalue weighted by Gasteiger charge is 1.99. The Kier molecular flexibility index (Phi) is 7.76. The Morgan fingerprint density at radius 1 is 1.45 bits per heavy atom. The van der Waals surface area contributed by atoms with E-state index in [1.54, 1.807) is 0 Å². The van der Waals surface area contributed by atoms with Crippen molar-refractivity contribution in [2.75, 3.05) is 25.4 Å². The molecule has 0 bridgehead atoms. The highest BCUT2D eigenvalue weighted by Crippen LogP contribution is 1.94. The first-order valence-electron chi connectivity index (χ1n) is 4.05. The second-order valence-electron chi connectivity index (χ2n) is 2.42. The molecule has 0 aliphatic rings. The maximum atomic E-state index is 8.34. The van der Waals surface area contributed by atoms with Crippen molar-refractivity contribution in [3.8, 4) is 6.07 Å². The lowest BCUT2D eigenvalue weighted by atomic mass is 10.3. The third kappa shape index (κ3) is 6.21.